The molecule has 1 atom stereocenters. The Balaban J connectivity index is 2.18. The number of nitrogens with one attached hydrogen (secondary N) is 1. The summed E-state index contributed by atoms with van der Waals surface area (Å²) in [4.78, 5) is 33.7. The minimum Gasteiger partial charge on any atom is -0.479 e. The summed E-state index contributed by atoms with van der Waals surface area (Å²) in [5, 5.41) is 26.3. The molecule has 2 aromatic rings. The third-order valence-electron chi connectivity index (χ3n) is 3.46. The van der Waals surface area contributed by atoms with E-state index in [4.69, 9.17) is 4.74 Å². The molecular formula is C15H16N4O6. The van der Waals surface area contributed by atoms with Gasteiger partial charge in [0.25, 0.3) is 11.6 Å². The van der Waals surface area contributed by atoms with Gasteiger partial charge in [-0.15, -0.1) is 0 Å². The summed E-state index contributed by atoms with van der Waals surface area (Å²) in [7, 11) is 1.33. The van der Waals surface area contributed by atoms with Crippen molar-refractivity contribution in [2.45, 2.75) is 12.5 Å². The lowest BCUT2D eigenvalue weighted by molar-refractivity contribution is -0.384. The van der Waals surface area contributed by atoms with E-state index >= 15 is 0 Å². The number of carbonyl (C=O) groups is 2. The number of carboxylic acids is 1. The van der Waals surface area contributed by atoms with Crippen LogP contribution >= 0.6 is 0 Å². The van der Waals surface area contributed by atoms with Crippen LogP contribution in [0.15, 0.2) is 36.7 Å². The quantitative estimate of drug-likeness (QED) is 0.562. The molecule has 0 aliphatic heterocycles. The lowest BCUT2D eigenvalue weighted by Gasteiger charge is -2.24. The van der Waals surface area contributed by atoms with Crippen molar-refractivity contribution in [1.29, 1.82) is 0 Å². The van der Waals surface area contributed by atoms with E-state index in [0.717, 1.165) is 0 Å². The van der Waals surface area contributed by atoms with Crippen LogP contribution in [0.1, 0.15) is 17.3 Å². The Kier molecular flexibility index (Phi) is 5.13. The number of ether oxygens (including phenoxy) is 1. The van der Waals surface area contributed by atoms with Crippen LogP contribution in [0.25, 0.3) is 5.69 Å². The Morgan fingerprint density at radius 3 is 2.56 bits per heavy atom. The first-order valence-corrected chi connectivity index (χ1v) is 7.11. The largest absolute Gasteiger partial charge is 0.479 e. The zero-order valence-electron chi connectivity index (χ0n) is 13.5. The predicted molar refractivity (Wildman–Crippen MR) is 85.6 cm³/mol. The number of nitro groups is 1. The Hall–Kier alpha value is -3.27. The van der Waals surface area contributed by atoms with Crippen molar-refractivity contribution < 1.29 is 24.4 Å². The second-order valence-corrected chi connectivity index (χ2v) is 5.47. The van der Waals surface area contributed by atoms with E-state index < -0.39 is 22.3 Å². The molecule has 0 saturated heterocycles. The zero-order chi connectivity index (χ0) is 18.6. The monoisotopic (exact) mass is 348 g/mol. The number of hydrogen-bond acceptors (Lipinski definition) is 6. The number of benzene rings is 1. The third-order valence-corrected chi connectivity index (χ3v) is 3.46. The van der Waals surface area contributed by atoms with Gasteiger partial charge in [0.05, 0.1) is 29.0 Å². The normalized spacial score (nSPS) is 13.0. The Morgan fingerprint density at radius 1 is 1.40 bits per heavy atom. The van der Waals surface area contributed by atoms with Crippen molar-refractivity contribution in [1.82, 2.24) is 15.1 Å². The molecule has 1 unspecified atom stereocenters. The van der Waals surface area contributed by atoms with Crippen LogP contribution in [-0.2, 0) is 9.53 Å². The molecule has 1 aromatic carbocycles. The third kappa shape index (κ3) is 3.98. The summed E-state index contributed by atoms with van der Waals surface area (Å²) in [6.07, 6.45) is 2.66. The molecule has 10 nitrogen and oxygen atoms in total. The van der Waals surface area contributed by atoms with Crippen molar-refractivity contribution in [3.63, 3.8) is 0 Å². The second kappa shape index (κ2) is 7.09. The molecule has 0 aliphatic rings. The number of carbonyl (C=O) groups excluding carboxylic acids is 1. The molecule has 2 rings (SSSR count). The number of rotatable bonds is 7. The molecule has 10 heteroatoms. The second-order valence-electron chi connectivity index (χ2n) is 5.47. The molecule has 0 saturated carbocycles. The molecule has 0 radical (unpaired) electrons. The number of aromatic nitrogens is 2. The van der Waals surface area contributed by atoms with Crippen LogP contribution in [0.2, 0.25) is 0 Å². The maximum absolute atomic E-state index is 12.3. The van der Waals surface area contributed by atoms with E-state index in [9.17, 15) is 24.8 Å². The Bertz CT molecular complexity index is 801. The molecule has 0 aliphatic carbocycles. The summed E-state index contributed by atoms with van der Waals surface area (Å²) in [6.45, 7) is 1.13. The molecule has 1 heterocycles. The van der Waals surface area contributed by atoms with Crippen molar-refractivity contribution in [3.8, 4) is 5.69 Å². The first-order valence-electron chi connectivity index (χ1n) is 7.11. The van der Waals surface area contributed by atoms with Gasteiger partial charge in [-0.3, -0.25) is 14.9 Å². The minimum absolute atomic E-state index is 0.0642. The average molecular weight is 348 g/mol. The SMILES string of the molecule is COCC(C)(NC(=O)c1cnn(-c2ccc([N+](=O)[O-])cc2)c1)C(=O)O. The molecule has 1 aromatic heterocycles. The number of nitro benzene ring substituents is 1. The first kappa shape index (κ1) is 18.1. The summed E-state index contributed by atoms with van der Waals surface area (Å²) < 4.78 is 6.19. The number of nitrogens with zero attached hydrogens (tertiary/aromatic N) is 3. The highest BCUT2D eigenvalue weighted by Crippen LogP contribution is 2.15. The maximum Gasteiger partial charge on any atom is 0.331 e. The predicted octanol–water partition coefficient (Wildman–Crippen LogP) is 1.000. The van der Waals surface area contributed by atoms with E-state index in [2.05, 4.69) is 10.4 Å². The summed E-state index contributed by atoms with van der Waals surface area (Å²) in [5.41, 5.74) is -0.989. The van der Waals surface area contributed by atoms with Gasteiger partial charge >= 0.3 is 5.97 Å². The Morgan fingerprint density at radius 2 is 2.04 bits per heavy atom. The van der Waals surface area contributed by atoms with Crippen molar-refractivity contribution >= 4 is 17.6 Å². The molecule has 132 valence electrons. The highest BCUT2D eigenvalue weighted by Gasteiger charge is 2.35. The van der Waals surface area contributed by atoms with Crippen LogP contribution in [-0.4, -0.2) is 50.9 Å². The van der Waals surface area contributed by atoms with Gasteiger partial charge in [-0.25, -0.2) is 9.48 Å². The van der Waals surface area contributed by atoms with Crippen LogP contribution in [0.3, 0.4) is 0 Å². The van der Waals surface area contributed by atoms with Gasteiger partial charge in [0.15, 0.2) is 5.54 Å². The van der Waals surface area contributed by atoms with Crippen LogP contribution in [0, 0.1) is 10.1 Å². The molecule has 0 fully saturated rings. The van der Waals surface area contributed by atoms with Gasteiger partial charge < -0.3 is 15.2 Å². The number of methoxy groups -OCH3 is 1. The van der Waals surface area contributed by atoms with Crippen LogP contribution < -0.4 is 5.32 Å². The van der Waals surface area contributed by atoms with Gasteiger partial charge in [0.1, 0.15) is 0 Å². The number of carboxylic acid groups (broad SMARTS) is 1. The number of aliphatic carboxylic acids is 1. The topological polar surface area (TPSA) is 137 Å². The van der Waals surface area contributed by atoms with E-state index in [1.165, 1.54) is 55.4 Å². The first-order chi connectivity index (χ1) is 11.8. The summed E-state index contributed by atoms with van der Waals surface area (Å²) in [5.74, 6) is -1.86. The maximum atomic E-state index is 12.3. The van der Waals surface area contributed by atoms with Gasteiger partial charge in [-0.1, -0.05) is 0 Å². The van der Waals surface area contributed by atoms with Gasteiger partial charge in [-0.2, -0.15) is 5.10 Å². The zero-order valence-corrected chi connectivity index (χ0v) is 13.5. The van der Waals surface area contributed by atoms with E-state index in [1.807, 2.05) is 0 Å². The van der Waals surface area contributed by atoms with E-state index in [1.54, 1.807) is 0 Å². The molecular weight excluding hydrogens is 332 g/mol. The molecule has 1 amide bonds. The number of non-ortho nitro benzene ring substituents is 1. The fourth-order valence-electron chi connectivity index (χ4n) is 2.07. The summed E-state index contributed by atoms with van der Waals surface area (Å²) in [6, 6.07) is 5.60. The van der Waals surface area contributed by atoms with Crippen LogP contribution in [0.4, 0.5) is 5.69 Å². The molecule has 0 spiro atoms. The Labute approximate surface area is 142 Å². The lowest BCUT2D eigenvalue weighted by Crippen LogP contribution is -2.55. The van der Waals surface area contributed by atoms with E-state index in [-0.39, 0.29) is 17.9 Å². The summed E-state index contributed by atoms with van der Waals surface area (Å²) >= 11 is 0. The van der Waals surface area contributed by atoms with Crippen molar-refractivity contribution in [3.05, 3.63) is 52.3 Å². The van der Waals surface area contributed by atoms with Gasteiger partial charge in [0, 0.05) is 25.4 Å². The smallest absolute Gasteiger partial charge is 0.331 e. The van der Waals surface area contributed by atoms with Crippen LogP contribution in [0.5, 0.6) is 0 Å². The molecule has 0 bridgehead atoms. The van der Waals surface area contributed by atoms with Crippen molar-refractivity contribution in [2.75, 3.05) is 13.7 Å². The fraction of sp³-hybridized carbons (Fsp3) is 0.267. The highest BCUT2D eigenvalue weighted by atomic mass is 16.6. The van der Waals surface area contributed by atoms with Crippen molar-refractivity contribution in [2.24, 2.45) is 0 Å². The molecule has 2 N–H and O–H groups in total. The van der Waals surface area contributed by atoms with E-state index in [0.29, 0.717) is 5.69 Å². The average Bonchev–Trinajstić information content (AvgIpc) is 3.05. The molecule has 25 heavy (non-hydrogen) atoms. The number of hydrogen-bond donors (Lipinski definition) is 2. The highest BCUT2D eigenvalue weighted by molar-refractivity contribution is 5.97. The van der Waals surface area contributed by atoms with Gasteiger partial charge in [0.2, 0.25) is 0 Å². The standard InChI is InChI=1S/C15H16N4O6/c1-15(9-25-2,14(21)22)17-13(20)10-7-16-18(8-10)11-3-5-12(6-4-11)19(23)24/h3-8H,9H2,1-2H3,(H,17,20)(H,21,22). The van der Waals surface area contributed by atoms with Gasteiger partial charge in [-0.05, 0) is 19.1 Å². The fourth-order valence-corrected chi connectivity index (χ4v) is 2.07. The number of amides is 1. The lowest BCUT2D eigenvalue weighted by atomic mass is 10.0. The minimum atomic E-state index is -1.58.